The summed E-state index contributed by atoms with van der Waals surface area (Å²) in [5, 5.41) is 18.6. The van der Waals surface area contributed by atoms with Crippen molar-refractivity contribution in [2.24, 2.45) is 5.73 Å². The van der Waals surface area contributed by atoms with Crippen molar-refractivity contribution in [2.75, 3.05) is 14.2 Å². The quantitative estimate of drug-likeness (QED) is 0.707. The van der Waals surface area contributed by atoms with Gasteiger partial charge in [0.05, 0.1) is 14.2 Å². The van der Waals surface area contributed by atoms with Crippen molar-refractivity contribution in [3.8, 4) is 17.2 Å². The number of ether oxygens (including phenoxy) is 2. The molecule has 0 aliphatic heterocycles. The summed E-state index contributed by atoms with van der Waals surface area (Å²) in [6.07, 6.45) is 0.174. The first kappa shape index (κ1) is 14.1. The molecule has 6 nitrogen and oxygen atoms in total. The molecule has 0 fully saturated rings. The minimum absolute atomic E-state index is 0.0606. The summed E-state index contributed by atoms with van der Waals surface area (Å²) in [4.78, 5) is 10.5. The van der Waals surface area contributed by atoms with E-state index in [0.29, 0.717) is 11.3 Å². The molecule has 1 atom stereocenters. The molecule has 1 unspecified atom stereocenters. The molecule has 0 bridgehead atoms. The highest BCUT2D eigenvalue weighted by Crippen LogP contribution is 2.41. The van der Waals surface area contributed by atoms with Crippen LogP contribution in [0.15, 0.2) is 12.1 Å². The van der Waals surface area contributed by atoms with E-state index in [2.05, 4.69) is 0 Å². The van der Waals surface area contributed by atoms with Crippen LogP contribution in [0.4, 0.5) is 0 Å². The number of methoxy groups -OCH3 is 2. The molecule has 0 aliphatic rings. The van der Waals surface area contributed by atoms with E-state index in [9.17, 15) is 9.90 Å². The van der Waals surface area contributed by atoms with E-state index in [0.717, 1.165) is 0 Å². The van der Waals surface area contributed by atoms with Crippen LogP contribution in [-0.4, -0.2) is 30.4 Å². The molecule has 0 heterocycles. The number of aromatic hydroxyl groups is 1. The Morgan fingerprint density at radius 2 is 2.06 bits per heavy atom. The number of nitrogens with two attached hydrogens (primary N) is 1. The number of aliphatic carboxylic acids is 1. The SMILES string of the molecule is COc1ccc(C(N)CCC(=O)O)c(O)c1OC. The third kappa shape index (κ3) is 3.04. The minimum Gasteiger partial charge on any atom is -0.504 e. The summed E-state index contributed by atoms with van der Waals surface area (Å²) < 4.78 is 10.1. The van der Waals surface area contributed by atoms with Crippen LogP contribution in [0.3, 0.4) is 0 Å². The maximum Gasteiger partial charge on any atom is 0.303 e. The van der Waals surface area contributed by atoms with E-state index >= 15 is 0 Å². The molecule has 1 aromatic carbocycles. The molecule has 100 valence electrons. The van der Waals surface area contributed by atoms with Gasteiger partial charge in [0.15, 0.2) is 11.5 Å². The van der Waals surface area contributed by atoms with E-state index in [4.69, 9.17) is 20.3 Å². The molecule has 4 N–H and O–H groups in total. The monoisotopic (exact) mass is 255 g/mol. The summed E-state index contributed by atoms with van der Waals surface area (Å²) in [6.45, 7) is 0. The number of benzene rings is 1. The molecule has 0 radical (unpaired) electrons. The number of rotatable bonds is 6. The first-order chi connectivity index (χ1) is 8.51. The molecule has 18 heavy (non-hydrogen) atoms. The van der Waals surface area contributed by atoms with Gasteiger partial charge in [0.2, 0.25) is 5.75 Å². The summed E-state index contributed by atoms with van der Waals surface area (Å²) in [6, 6.07) is 2.65. The lowest BCUT2D eigenvalue weighted by molar-refractivity contribution is -0.137. The van der Waals surface area contributed by atoms with Gasteiger partial charge in [-0.05, 0) is 18.6 Å². The van der Waals surface area contributed by atoms with Crippen LogP contribution in [0.25, 0.3) is 0 Å². The summed E-state index contributed by atoms with van der Waals surface area (Å²) in [7, 11) is 2.87. The summed E-state index contributed by atoms with van der Waals surface area (Å²) >= 11 is 0. The average molecular weight is 255 g/mol. The van der Waals surface area contributed by atoms with Crippen LogP contribution in [0.1, 0.15) is 24.4 Å². The van der Waals surface area contributed by atoms with Crippen LogP contribution in [0.5, 0.6) is 17.2 Å². The van der Waals surface area contributed by atoms with Crippen molar-refractivity contribution in [3.05, 3.63) is 17.7 Å². The standard InChI is InChI=1S/C12H17NO5/c1-17-9-5-3-7(11(16)12(9)18-2)8(13)4-6-10(14)15/h3,5,8,16H,4,6,13H2,1-2H3,(H,14,15). The van der Waals surface area contributed by atoms with E-state index in [1.54, 1.807) is 12.1 Å². The second kappa shape index (κ2) is 6.11. The fourth-order valence-electron chi connectivity index (χ4n) is 1.66. The van der Waals surface area contributed by atoms with Crippen molar-refractivity contribution in [3.63, 3.8) is 0 Å². The number of hydrogen-bond acceptors (Lipinski definition) is 5. The zero-order valence-corrected chi connectivity index (χ0v) is 10.3. The Morgan fingerprint density at radius 3 is 2.56 bits per heavy atom. The number of carbonyl (C=O) groups is 1. The second-order valence-corrected chi connectivity index (χ2v) is 3.78. The van der Waals surface area contributed by atoms with Crippen molar-refractivity contribution in [2.45, 2.75) is 18.9 Å². The van der Waals surface area contributed by atoms with Gasteiger partial charge in [0, 0.05) is 18.0 Å². The molecule has 6 heteroatoms. The molecule has 0 saturated heterocycles. The van der Waals surface area contributed by atoms with Crippen LogP contribution in [0, 0.1) is 0 Å². The third-order valence-electron chi connectivity index (χ3n) is 2.62. The van der Waals surface area contributed by atoms with Gasteiger partial charge in [-0.15, -0.1) is 0 Å². The number of carboxylic acid groups (broad SMARTS) is 1. The molecule has 0 amide bonds. The smallest absolute Gasteiger partial charge is 0.303 e. The Labute approximate surface area is 105 Å². The van der Waals surface area contributed by atoms with Gasteiger partial charge in [-0.2, -0.15) is 0 Å². The Morgan fingerprint density at radius 1 is 1.39 bits per heavy atom. The van der Waals surface area contributed by atoms with E-state index in [1.165, 1.54) is 14.2 Å². The third-order valence-corrected chi connectivity index (χ3v) is 2.62. The van der Waals surface area contributed by atoms with Gasteiger partial charge in [0.1, 0.15) is 0 Å². The van der Waals surface area contributed by atoms with Crippen molar-refractivity contribution >= 4 is 5.97 Å². The Balaban J connectivity index is 2.99. The lowest BCUT2D eigenvalue weighted by Gasteiger charge is -2.16. The minimum atomic E-state index is -0.926. The predicted octanol–water partition coefficient (Wildman–Crippen LogP) is 1.27. The molecular weight excluding hydrogens is 238 g/mol. The molecule has 0 saturated carbocycles. The van der Waals surface area contributed by atoms with Crippen LogP contribution in [-0.2, 0) is 4.79 Å². The van der Waals surface area contributed by atoms with E-state index in [-0.39, 0.29) is 24.3 Å². The Kier molecular flexibility index (Phi) is 4.79. The molecule has 1 aromatic rings. The zero-order valence-electron chi connectivity index (χ0n) is 10.3. The van der Waals surface area contributed by atoms with Gasteiger partial charge in [-0.1, -0.05) is 0 Å². The summed E-state index contributed by atoms with van der Waals surface area (Å²) in [5.41, 5.74) is 6.28. The topological polar surface area (TPSA) is 102 Å². The molecule has 1 rings (SSSR count). The number of hydrogen-bond donors (Lipinski definition) is 3. The highest BCUT2D eigenvalue weighted by molar-refractivity contribution is 5.66. The highest BCUT2D eigenvalue weighted by atomic mass is 16.5. The van der Waals surface area contributed by atoms with Gasteiger partial charge in [0.25, 0.3) is 0 Å². The maximum atomic E-state index is 10.5. The maximum absolute atomic E-state index is 10.5. The fourth-order valence-corrected chi connectivity index (χ4v) is 1.66. The summed E-state index contributed by atoms with van der Waals surface area (Å²) in [5.74, 6) is -0.454. The van der Waals surface area contributed by atoms with Crippen LogP contribution in [0.2, 0.25) is 0 Å². The molecular formula is C12H17NO5. The van der Waals surface area contributed by atoms with Crippen molar-refractivity contribution in [1.82, 2.24) is 0 Å². The fraction of sp³-hybridized carbons (Fsp3) is 0.417. The van der Waals surface area contributed by atoms with Crippen LogP contribution >= 0.6 is 0 Å². The first-order valence-corrected chi connectivity index (χ1v) is 5.42. The van der Waals surface area contributed by atoms with Gasteiger partial charge in [-0.3, -0.25) is 4.79 Å². The average Bonchev–Trinajstić information content (AvgIpc) is 2.35. The molecule has 0 aromatic heterocycles. The Bertz CT molecular complexity index is 433. The van der Waals surface area contributed by atoms with Gasteiger partial charge in [-0.25, -0.2) is 0 Å². The Hall–Kier alpha value is -1.95. The lowest BCUT2D eigenvalue weighted by atomic mass is 10.0. The first-order valence-electron chi connectivity index (χ1n) is 5.42. The largest absolute Gasteiger partial charge is 0.504 e. The second-order valence-electron chi connectivity index (χ2n) is 3.78. The van der Waals surface area contributed by atoms with Crippen LogP contribution < -0.4 is 15.2 Å². The van der Waals surface area contributed by atoms with Crippen molar-refractivity contribution in [1.29, 1.82) is 0 Å². The number of carboxylic acids is 1. The molecule has 0 spiro atoms. The highest BCUT2D eigenvalue weighted by Gasteiger charge is 2.19. The van der Waals surface area contributed by atoms with Gasteiger partial charge < -0.3 is 25.4 Å². The van der Waals surface area contributed by atoms with Gasteiger partial charge >= 0.3 is 5.97 Å². The number of phenolic OH excluding ortho intramolecular Hbond substituents is 1. The van der Waals surface area contributed by atoms with E-state index in [1.807, 2.05) is 0 Å². The lowest BCUT2D eigenvalue weighted by Crippen LogP contribution is -2.12. The molecule has 0 aliphatic carbocycles. The van der Waals surface area contributed by atoms with Crippen molar-refractivity contribution < 1.29 is 24.5 Å². The number of phenols is 1. The zero-order chi connectivity index (χ0) is 13.7. The predicted molar refractivity (Wildman–Crippen MR) is 65.0 cm³/mol. The van der Waals surface area contributed by atoms with E-state index < -0.39 is 12.0 Å². The normalized spacial score (nSPS) is 11.9.